The Morgan fingerprint density at radius 3 is 2.47 bits per heavy atom. The second-order valence-corrected chi connectivity index (χ2v) is 5.83. The minimum atomic E-state index is 0.320. The van der Waals surface area contributed by atoms with Crippen LogP contribution in [-0.4, -0.2) is 55.0 Å². The van der Waals surface area contributed by atoms with Crippen molar-refractivity contribution in [3.05, 3.63) is 0 Å². The van der Waals surface area contributed by atoms with Crippen LogP contribution in [0.25, 0.3) is 0 Å². The van der Waals surface area contributed by atoms with Crippen LogP contribution in [0.4, 0.5) is 0 Å². The highest BCUT2D eigenvalue weighted by atomic mass is 127. The Labute approximate surface area is 119 Å². The predicted molar refractivity (Wildman–Crippen MR) is 79.1 cm³/mol. The van der Waals surface area contributed by atoms with Gasteiger partial charge in [0.15, 0.2) is 0 Å². The minimum absolute atomic E-state index is 0.320. The van der Waals surface area contributed by atoms with Crippen molar-refractivity contribution >= 4 is 28.8 Å². The summed E-state index contributed by atoms with van der Waals surface area (Å²) in [7, 11) is 0. The number of carbonyl (C=O) groups excluding carboxylic acids is 1. The molecule has 1 saturated heterocycles. The lowest BCUT2D eigenvalue weighted by molar-refractivity contribution is -0.133. The van der Waals surface area contributed by atoms with Gasteiger partial charge >= 0.3 is 0 Å². The van der Waals surface area contributed by atoms with Crippen molar-refractivity contribution in [3.63, 3.8) is 0 Å². The smallest absolute Gasteiger partial charge is 0.222 e. The van der Waals surface area contributed by atoms with Crippen molar-refractivity contribution in [1.29, 1.82) is 0 Å². The third kappa shape index (κ3) is 6.01. The molecule has 0 spiro atoms. The van der Waals surface area contributed by atoms with Gasteiger partial charge in [0.2, 0.25) is 5.91 Å². The third-order valence-electron chi connectivity index (χ3n) is 3.01. The van der Waals surface area contributed by atoms with Crippen LogP contribution in [0.3, 0.4) is 0 Å². The zero-order chi connectivity index (χ0) is 12.7. The van der Waals surface area contributed by atoms with Gasteiger partial charge in [-0.2, -0.15) is 0 Å². The molecule has 0 unspecified atom stereocenters. The number of rotatable bonds is 6. The van der Waals surface area contributed by atoms with E-state index in [0.717, 1.165) is 45.7 Å². The highest BCUT2D eigenvalue weighted by Gasteiger charge is 2.20. The molecule has 1 fully saturated rings. The first-order valence-corrected chi connectivity index (χ1v) is 7.55. The van der Waals surface area contributed by atoms with Crippen LogP contribution in [0.2, 0.25) is 0 Å². The maximum Gasteiger partial charge on any atom is 0.222 e. The highest BCUT2D eigenvalue weighted by Crippen LogP contribution is 2.07. The van der Waals surface area contributed by atoms with E-state index in [0.29, 0.717) is 18.2 Å². The van der Waals surface area contributed by atoms with E-state index >= 15 is 0 Å². The predicted octanol–water partition coefficient (Wildman–Crippen LogP) is 1.51. The van der Waals surface area contributed by atoms with Crippen LogP contribution in [0.5, 0.6) is 0 Å². The number of nitrogens with one attached hydrogen (secondary N) is 1. The maximum absolute atomic E-state index is 11.9. The lowest BCUT2D eigenvalue weighted by Gasteiger charge is -2.35. The van der Waals surface area contributed by atoms with Crippen molar-refractivity contribution in [1.82, 2.24) is 13.3 Å². The largest absolute Gasteiger partial charge is 0.340 e. The minimum Gasteiger partial charge on any atom is -0.340 e. The van der Waals surface area contributed by atoms with Crippen LogP contribution in [0, 0.1) is 5.92 Å². The summed E-state index contributed by atoms with van der Waals surface area (Å²) >= 11 is 2.12. The molecule has 1 aliphatic rings. The summed E-state index contributed by atoms with van der Waals surface area (Å²) in [5.74, 6) is 1.04. The highest BCUT2D eigenvalue weighted by molar-refractivity contribution is 14.1. The average Bonchev–Trinajstić information content (AvgIpc) is 2.29. The lowest BCUT2D eigenvalue weighted by Crippen LogP contribution is -2.49. The van der Waals surface area contributed by atoms with Crippen LogP contribution in [0.1, 0.15) is 26.7 Å². The summed E-state index contributed by atoms with van der Waals surface area (Å²) in [4.78, 5) is 16.4. The average molecular weight is 353 g/mol. The Hall–Kier alpha value is 0.120. The van der Waals surface area contributed by atoms with Gasteiger partial charge in [-0.1, -0.05) is 13.8 Å². The summed E-state index contributed by atoms with van der Waals surface area (Å²) in [5, 5.41) is 0. The lowest BCUT2D eigenvalue weighted by atomic mass is 10.2. The molecule has 0 bridgehead atoms. The van der Waals surface area contributed by atoms with E-state index in [2.05, 4.69) is 45.1 Å². The number of carbonyl (C=O) groups is 1. The van der Waals surface area contributed by atoms with Gasteiger partial charge in [0.05, 0.1) is 0 Å². The summed E-state index contributed by atoms with van der Waals surface area (Å²) in [6.07, 6.45) is 1.62. The van der Waals surface area contributed by atoms with Crippen molar-refractivity contribution in [2.24, 2.45) is 5.92 Å². The Morgan fingerprint density at radius 2 is 1.94 bits per heavy atom. The molecule has 17 heavy (non-hydrogen) atoms. The Balaban J connectivity index is 2.19. The zero-order valence-corrected chi connectivity index (χ0v) is 13.1. The molecular formula is C12H24IN3O. The van der Waals surface area contributed by atoms with E-state index in [1.54, 1.807) is 0 Å². The van der Waals surface area contributed by atoms with Gasteiger partial charge < -0.3 is 4.90 Å². The third-order valence-corrected chi connectivity index (χ3v) is 3.55. The molecule has 5 heteroatoms. The van der Waals surface area contributed by atoms with Gasteiger partial charge in [-0.15, -0.1) is 0 Å². The van der Waals surface area contributed by atoms with Crippen molar-refractivity contribution in [2.75, 3.05) is 39.3 Å². The second kappa shape index (κ2) is 8.26. The van der Waals surface area contributed by atoms with E-state index in [4.69, 9.17) is 0 Å². The number of piperazine rings is 1. The van der Waals surface area contributed by atoms with Crippen LogP contribution in [-0.2, 0) is 4.79 Å². The van der Waals surface area contributed by atoms with Crippen LogP contribution < -0.4 is 3.53 Å². The Kier molecular flexibility index (Phi) is 7.38. The molecule has 1 heterocycles. The van der Waals surface area contributed by atoms with Gasteiger partial charge in [0.1, 0.15) is 0 Å². The number of nitrogens with zero attached hydrogens (tertiary/aromatic N) is 2. The molecule has 1 amide bonds. The number of hydrogen-bond donors (Lipinski definition) is 1. The molecular weight excluding hydrogens is 329 g/mol. The summed E-state index contributed by atoms with van der Waals surface area (Å²) in [5.41, 5.74) is 0. The quantitative estimate of drug-likeness (QED) is 0.447. The molecule has 0 aliphatic carbocycles. The second-order valence-electron chi connectivity index (χ2n) is 5.06. The molecule has 0 atom stereocenters. The Morgan fingerprint density at radius 1 is 1.29 bits per heavy atom. The van der Waals surface area contributed by atoms with E-state index < -0.39 is 0 Å². The van der Waals surface area contributed by atoms with Gasteiger partial charge in [0, 0.05) is 68.6 Å². The fraction of sp³-hybridized carbons (Fsp3) is 0.917. The normalized spacial score (nSPS) is 17.8. The molecule has 100 valence electrons. The fourth-order valence-corrected chi connectivity index (χ4v) is 2.54. The molecule has 0 aromatic rings. The Bertz CT molecular complexity index is 228. The molecule has 1 N–H and O–H groups in total. The van der Waals surface area contributed by atoms with Gasteiger partial charge in [-0.3, -0.25) is 13.2 Å². The fourth-order valence-electron chi connectivity index (χ4n) is 2.16. The number of hydrogen-bond acceptors (Lipinski definition) is 3. The zero-order valence-electron chi connectivity index (χ0n) is 10.9. The van der Waals surface area contributed by atoms with E-state index in [1.807, 2.05) is 4.90 Å². The van der Waals surface area contributed by atoms with Crippen molar-refractivity contribution < 1.29 is 4.79 Å². The first-order chi connectivity index (χ1) is 8.13. The van der Waals surface area contributed by atoms with E-state index in [-0.39, 0.29) is 0 Å². The maximum atomic E-state index is 11.9. The van der Waals surface area contributed by atoms with Crippen LogP contribution >= 0.6 is 22.9 Å². The molecule has 0 aromatic carbocycles. The number of amides is 1. The first kappa shape index (κ1) is 15.2. The molecule has 1 aliphatic heterocycles. The summed E-state index contributed by atoms with van der Waals surface area (Å²) in [6.45, 7) is 10.4. The summed E-state index contributed by atoms with van der Waals surface area (Å²) in [6, 6.07) is 0. The topological polar surface area (TPSA) is 35.6 Å². The molecule has 4 nitrogen and oxygen atoms in total. The molecule has 1 rings (SSSR count). The summed E-state index contributed by atoms with van der Waals surface area (Å²) < 4.78 is 3.05. The molecule has 0 saturated carbocycles. The first-order valence-electron chi connectivity index (χ1n) is 6.47. The van der Waals surface area contributed by atoms with E-state index in [9.17, 15) is 4.79 Å². The molecule has 0 aromatic heterocycles. The number of halogens is 1. The van der Waals surface area contributed by atoms with Crippen molar-refractivity contribution in [3.8, 4) is 0 Å². The standard InChI is InChI=1S/C12H24IN3O/c1-11(2)10-15-6-8-16(9-7-15)12(17)4-3-5-14-13/h11,14H,3-10H2,1-2H3. The molecule has 0 radical (unpaired) electrons. The van der Waals surface area contributed by atoms with E-state index in [1.165, 1.54) is 0 Å². The van der Waals surface area contributed by atoms with Crippen molar-refractivity contribution in [2.45, 2.75) is 26.7 Å². The van der Waals surface area contributed by atoms with Gasteiger partial charge in [-0.25, -0.2) is 0 Å². The monoisotopic (exact) mass is 353 g/mol. The van der Waals surface area contributed by atoms with Gasteiger partial charge in [0.25, 0.3) is 0 Å². The van der Waals surface area contributed by atoms with Gasteiger partial charge in [-0.05, 0) is 12.3 Å². The SMILES string of the molecule is CC(C)CN1CCN(C(=O)CCCNI)CC1. The van der Waals surface area contributed by atoms with Crippen LogP contribution in [0.15, 0.2) is 0 Å².